The van der Waals surface area contributed by atoms with Gasteiger partial charge in [0.15, 0.2) is 0 Å². The predicted molar refractivity (Wildman–Crippen MR) is 61.1 cm³/mol. The first-order valence-corrected chi connectivity index (χ1v) is 5.54. The third kappa shape index (κ3) is 3.53. The lowest BCUT2D eigenvalue weighted by Crippen LogP contribution is -2.10. The highest BCUT2D eigenvalue weighted by Crippen LogP contribution is 2.30. The monoisotopic (exact) mass is 279 g/mol. The van der Waals surface area contributed by atoms with Gasteiger partial charge in [-0.05, 0) is 13.0 Å². The number of alkyl halides is 2. The van der Waals surface area contributed by atoms with E-state index in [1.165, 1.54) is 7.11 Å². The molecule has 18 heavy (non-hydrogen) atoms. The van der Waals surface area contributed by atoms with Crippen LogP contribution in [0.4, 0.5) is 8.78 Å². The molecule has 0 radical (unpaired) electrons. The van der Waals surface area contributed by atoms with Crippen LogP contribution in [0.3, 0.4) is 0 Å². The third-order valence-corrected chi connectivity index (χ3v) is 2.41. The molecule has 0 saturated heterocycles. The number of pyridine rings is 1. The summed E-state index contributed by atoms with van der Waals surface area (Å²) < 4.78 is 34.9. The van der Waals surface area contributed by atoms with Crippen LogP contribution in [0.25, 0.3) is 0 Å². The lowest BCUT2D eigenvalue weighted by Gasteiger charge is -2.10. The van der Waals surface area contributed by atoms with Gasteiger partial charge in [0, 0.05) is 5.56 Å². The Morgan fingerprint density at radius 2 is 2.22 bits per heavy atom. The van der Waals surface area contributed by atoms with Crippen LogP contribution in [-0.4, -0.2) is 24.7 Å². The zero-order valence-electron chi connectivity index (χ0n) is 9.87. The zero-order valence-corrected chi connectivity index (χ0v) is 10.6. The number of carbonyl (C=O) groups excluding carboxylic acids is 1. The summed E-state index contributed by atoms with van der Waals surface area (Å²) >= 11 is 5.59. The molecular formula is C11H12ClF2NO3. The maximum Gasteiger partial charge on any atom is 0.310 e. The van der Waals surface area contributed by atoms with Crippen molar-refractivity contribution in [3.05, 3.63) is 22.3 Å². The zero-order chi connectivity index (χ0) is 13.7. The SMILES string of the molecule is CCOC(=O)Cc1cc(C(F)F)c(Cl)nc1OC. The minimum absolute atomic E-state index is 0.0393. The van der Waals surface area contributed by atoms with Gasteiger partial charge in [0.05, 0.1) is 25.7 Å². The van der Waals surface area contributed by atoms with Crippen molar-refractivity contribution in [1.29, 1.82) is 0 Å². The Morgan fingerprint density at radius 1 is 1.56 bits per heavy atom. The third-order valence-electron chi connectivity index (χ3n) is 2.11. The average molecular weight is 280 g/mol. The highest BCUT2D eigenvalue weighted by molar-refractivity contribution is 6.30. The second-order valence-electron chi connectivity index (χ2n) is 3.32. The topological polar surface area (TPSA) is 48.4 Å². The Labute approximate surface area is 108 Å². The van der Waals surface area contributed by atoms with Gasteiger partial charge in [0.25, 0.3) is 6.43 Å². The fraction of sp³-hybridized carbons (Fsp3) is 0.455. The Kier molecular flexibility index (Phi) is 5.27. The van der Waals surface area contributed by atoms with Gasteiger partial charge < -0.3 is 9.47 Å². The maximum absolute atomic E-state index is 12.6. The summed E-state index contributed by atoms with van der Waals surface area (Å²) in [6, 6.07) is 1.11. The Hall–Kier alpha value is -1.43. The molecular weight excluding hydrogens is 268 g/mol. The second kappa shape index (κ2) is 6.49. The number of halogens is 3. The van der Waals surface area contributed by atoms with Gasteiger partial charge in [-0.15, -0.1) is 0 Å². The van der Waals surface area contributed by atoms with Crippen LogP contribution >= 0.6 is 11.6 Å². The predicted octanol–water partition coefficient (Wildman–Crippen LogP) is 2.79. The normalized spacial score (nSPS) is 10.6. The maximum atomic E-state index is 12.6. The lowest BCUT2D eigenvalue weighted by atomic mass is 10.1. The molecule has 0 fully saturated rings. The van der Waals surface area contributed by atoms with E-state index >= 15 is 0 Å². The van der Waals surface area contributed by atoms with Crippen LogP contribution in [0.1, 0.15) is 24.5 Å². The van der Waals surface area contributed by atoms with Crippen LogP contribution in [0.15, 0.2) is 6.07 Å². The van der Waals surface area contributed by atoms with Crippen molar-refractivity contribution in [1.82, 2.24) is 4.98 Å². The van der Waals surface area contributed by atoms with Crippen molar-refractivity contribution >= 4 is 17.6 Å². The van der Waals surface area contributed by atoms with Gasteiger partial charge in [-0.2, -0.15) is 0 Å². The van der Waals surface area contributed by atoms with E-state index in [0.29, 0.717) is 0 Å². The van der Waals surface area contributed by atoms with Gasteiger partial charge in [-0.1, -0.05) is 11.6 Å². The molecule has 1 rings (SSSR count). The molecule has 7 heteroatoms. The molecule has 4 nitrogen and oxygen atoms in total. The summed E-state index contributed by atoms with van der Waals surface area (Å²) in [4.78, 5) is 15.0. The summed E-state index contributed by atoms with van der Waals surface area (Å²) in [5.41, 5.74) is -0.215. The number of hydrogen-bond acceptors (Lipinski definition) is 4. The van der Waals surface area contributed by atoms with Crippen molar-refractivity contribution in [2.75, 3.05) is 13.7 Å². The molecule has 0 aliphatic heterocycles. The first kappa shape index (κ1) is 14.6. The molecule has 0 amide bonds. The van der Waals surface area contributed by atoms with Crippen molar-refractivity contribution in [3.8, 4) is 5.88 Å². The number of nitrogens with zero attached hydrogens (tertiary/aromatic N) is 1. The molecule has 0 atom stereocenters. The van der Waals surface area contributed by atoms with Gasteiger partial charge >= 0.3 is 5.97 Å². The summed E-state index contributed by atoms with van der Waals surface area (Å²) in [5, 5.41) is -0.338. The molecule has 0 N–H and O–H groups in total. The van der Waals surface area contributed by atoms with Crippen LogP contribution in [0, 0.1) is 0 Å². The number of methoxy groups -OCH3 is 1. The van der Waals surface area contributed by atoms with E-state index in [9.17, 15) is 13.6 Å². The Balaban J connectivity index is 3.08. The molecule has 0 aliphatic rings. The number of hydrogen-bond donors (Lipinski definition) is 0. The van der Waals surface area contributed by atoms with Crippen molar-refractivity contribution in [2.45, 2.75) is 19.8 Å². The van der Waals surface area contributed by atoms with Crippen LogP contribution in [0.2, 0.25) is 5.15 Å². The van der Waals surface area contributed by atoms with Gasteiger partial charge in [0.1, 0.15) is 5.15 Å². The number of ether oxygens (including phenoxy) is 2. The smallest absolute Gasteiger partial charge is 0.310 e. The number of carbonyl (C=O) groups is 1. The van der Waals surface area contributed by atoms with E-state index in [4.69, 9.17) is 21.1 Å². The molecule has 0 bridgehead atoms. The molecule has 0 aliphatic carbocycles. The molecule has 0 saturated carbocycles. The van der Waals surface area contributed by atoms with E-state index in [0.717, 1.165) is 6.07 Å². The summed E-state index contributed by atoms with van der Waals surface area (Å²) in [5.74, 6) is -0.502. The van der Waals surface area contributed by atoms with Crippen LogP contribution in [0.5, 0.6) is 5.88 Å². The van der Waals surface area contributed by atoms with E-state index < -0.39 is 18.0 Å². The van der Waals surface area contributed by atoms with Crippen LogP contribution in [-0.2, 0) is 16.0 Å². The van der Waals surface area contributed by atoms with Gasteiger partial charge in [-0.3, -0.25) is 4.79 Å². The van der Waals surface area contributed by atoms with Crippen molar-refractivity contribution < 1.29 is 23.0 Å². The molecule has 100 valence electrons. The largest absolute Gasteiger partial charge is 0.481 e. The minimum Gasteiger partial charge on any atom is -0.481 e. The molecule has 0 spiro atoms. The summed E-state index contributed by atoms with van der Waals surface area (Å²) in [6.07, 6.45) is -2.96. The summed E-state index contributed by atoms with van der Waals surface area (Å²) in [6.45, 7) is 1.86. The van der Waals surface area contributed by atoms with Crippen molar-refractivity contribution in [3.63, 3.8) is 0 Å². The highest BCUT2D eigenvalue weighted by Gasteiger charge is 2.19. The molecule has 1 aromatic heterocycles. The molecule has 0 unspecified atom stereocenters. The van der Waals surface area contributed by atoms with E-state index in [2.05, 4.69) is 4.98 Å². The quantitative estimate of drug-likeness (QED) is 0.614. The van der Waals surface area contributed by atoms with E-state index in [1.807, 2.05) is 0 Å². The number of aromatic nitrogens is 1. The fourth-order valence-electron chi connectivity index (χ4n) is 1.36. The second-order valence-corrected chi connectivity index (χ2v) is 3.68. The standard InChI is InChI=1S/C11H12ClF2NO3/c1-3-18-8(16)5-6-4-7(10(13)14)9(12)15-11(6)17-2/h4,10H,3,5H2,1-2H3. The van der Waals surface area contributed by atoms with E-state index in [1.54, 1.807) is 6.92 Å². The van der Waals surface area contributed by atoms with Gasteiger partial charge in [0.2, 0.25) is 5.88 Å². The van der Waals surface area contributed by atoms with Gasteiger partial charge in [-0.25, -0.2) is 13.8 Å². The Morgan fingerprint density at radius 3 is 2.72 bits per heavy atom. The first-order valence-electron chi connectivity index (χ1n) is 5.16. The van der Waals surface area contributed by atoms with E-state index in [-0.39, 0.29) is 29.6 Å². The number of rotatable bonds is 5. The molecule has 0 aromatic carbocycles. The highest BCUT2D eigenvalue weighted by atomic mass is 35.5. The number of esters is 1. The minimum atomic E-state index is -2.77. The fourth-order valence-corrected chi connectivity index (χ4v) is 1.57. The van der Waals surface area contributed by atoms with Crippen LogP contribution < -0.4 is 4.74 Å². The molecule has 1 aromatic rings. The van der Waals surface area contributed by atoms with Crippen molar-refractivity contribution in [2.24, 2.45) is 0 Å². The average Bonchev–Trinajstić information content (AvgIpc) is 2.30. The first-order chi connectivity index (χ1) is 8.49. The lowest BCUT2D eigenvalue weighted by molar-refractivity contribution is -0.142. The molecule has 1 heterocycles. The summed E-state index contributed by atoms with van der Waals surface area (Å²) in [7, 11) is 1.31. The Bertz CT molecular complexity index is 441.